The molecule has 0 saturated carbocycles. The minimum absolute atomic E-state index is 0.199. The molecule has 196 valence electrons. The number of rotatable bonds is 6. The minimum atomic E-state index is -0.275. The largest absolute Gasteiger partial charge is 0.497 e. The van der Waals surface area contributed by atoms with Crippen molar-refractivity contribution in [3.63, 3.8) is 0 Å². The number of halogens is 3. The van der Waals surface area contributed by atoms with Gasteiger partial charge in [0.15, 0.2) is 0 Å². The maximum absolute atomic E-state index is 14.3. The molecule has 1 amide bonds. The van der Waals surface area contributed by atoms with Gasteiger partial charge in [-0.15, -0.1) is 0 Å². The second kappa shape index (κ2) is 10.9. The monoisotopic (exact) mass is 554 g/mol. The molecular weight excluding hydrogens is 530 g/mol. The van der Waals surface area contributed by atoms with Crippen LogP contribution in [-0.2, 0) is 0 Å². The van der Waals surface area contributed by atoms with Gasteiger partial charge in [0.1, 0.15) is 23.0 Å². The summed E-state index contributed by atoms with van der Waals surface area (Å²) in [5, 5.41) is 5.51. The van der Waals surface area contributed by atoms with Gasteiger partial charge in [-0.2, -0.15) is 5.10 Å². The number of methoxy groups -OCH3 is 2. The van der Waals surface area contributed by atoms with Crippen LogP contribution in [0.15, 0.2) is 66.7 Å². The number of nitrogens with zero attached hydrogens (tertiary/aromatic N) is 4. The summed E-state index contributed by atoms with van der Waals surface area (Å²) in [6.07, 6.45) is 0. The molecule has 5 rings (SSSR count). The highest BCUT2D eigenvalue weighted by Gasteiger charge is 2.28. The average molecular weight is 555 g/mol. The molecule has 1 aliphatic heterocycles. The first-order valence-corrected chi connectivity index (χ1v) is 12.7. The lowest BCUT2D eigenvalue weighted by atomic mass is 10.1. The summed E-state index contributed by atoms with van der Waals surface area (Å²) in [6, 6.07) is 18.9. The maximum atomic E-state index is 14.3. The van der Waals surface area contributed by atoms with Gasteiger partial charge in [0.25, 0.3) is 5.91 Å². The molecule has 0 aliphatic carbocycles. The van der Waals surface area contributed by atoms with Gasteiger partial charge in [-0.3, -0.25) is 4.79 Å². The molecule has 1 aromatic heterocycles. The van der Waals surface area contributed by atoms with Crippen LogP contribution in [0.2, 0.25) is 10.0 Å². The normalized spacial score (nSPS) is 13.5. The van der Waals surface area contributed by atoms with Crippen molar-refractivity contribution in [3.8, 4) is 28.4 Å². The van der Waals surface area contributed by atoms with Crippen molar-refractivity contribution >= 4 is 34.8 Å². The van der Waals surface area contributed by atoms with Crippen molar-refractivity contribution in [1.82, 2.24) is 14.7 Å². The van der Waals surface area contributed by atoms with Crippen LogP contribution in [0.5, 0.6) is 11.5 Å². The van der Waals surface area contributed by atoms with E-state index >= 15 is 0 Å². The molecule has 0 bridgehead atoms. The molecule has 4 aromatic rings. The van der Waals surface area contributed by atoms with E-state index in [9.17, 15) is 9.18 Å². The Morgan fingerprint density at radius 3 is 2.34 bits per heavy atom. The summed E-state index contributed by atoms with van der Waals surface area (Å²) < 4.78 is 26.7. The second-order valence-corrected chi connectivity index (χ2v) is 9.54. The quantitative estimate of drug-likeness (QED) is 0.294. The lowest BCUT2D eigenvalue weighted by molar-refractivity contribution is 0.0737. The summed E-state index contributed by atoms with van der Waals surface area (Å²) >= 11 is 12.4. The Kier molecular flexibility index (Phi) is 7.44. The summed E-state index contributed by atoms with van der Waals surface area (Å²) in [5.41, 5.74) is 2.73. The molecule has 1 aliphatic rings. The Labute approximate surface area is 229 Å². The van der Waals surface area contributed by atoms with Crippen LogP contribution in [0.25, 0.3) is 16.9 Å². The van der Waals surface area contributed by atoms with Gasteiger partial charge in [0, 0.05) is 37.8 Å². The number of amides is 1. The molecular formula is C28H25Cl2FN4O3. The van der Waals surface area contributed by atoms with E-state index < -0.39 is 0 Å². The molecule has 1 saturated heterocycles. The highest BCUT2D eigenvalue weighted by Crippen LogP contribution is 2.34. The first kappa shape index (κ1) is 25.9. The Balaban J connectivity index is 1.49. The smallest absolute Gasteiger partial charge is 0.272 e. The predicted molar refractivity (Wildman–Crippen MR) is 147 cm³/mol. The number of ether oxygens (including phenoxy) is 2. The van der Waals surface area contributed by atoms with Crippen molar-refractivity contribution < 1.29 is 18.7 Å². The standard InChI is InChI=1S/C28H25Cl2FN4O3/c1-37-19-8-9-20(27(16-19)38-2)24-17-26(35(32-24)18-7-10-21(29)22(30)15-18)28(36)34-13-11-33(12-14-34)25-6-4-3-5-23(25)31/h3-10,15-17H,11-14H2,1-2H3. The molecule has 2 heterocycles. The second-order valence-electron chi connectivity index (χ2n) is 8.72. The number of hydrogen-bond donors (Lipinski definition) is 0. The first-order valence-electron chi connectivity index (χ1n) is 12.0. The average Bonchev–Trinajstić information content (AvgIpc) is 3.39. The topological polar surface area (TPSA) is 59.8 Å². The van der Waals surface area contributed by atoms with Crippen LogP contribution in [0.1, 0.15) is 10.5 Å². The Morgan fingerprint density at radius 2 is 1.66 bits per heavy atom. The van der Waals surface area contributed by atoms with Crippen LogP contribution in [0, 0.1) is 5.82 Å². The van der Waals surface area contributed by atoms with Gasteiger partial charge >= 0.3 is 0 Å². The van der Waals surface area contributed by atoms with Crippen molar-refractivity contribution in [1.29, 1.82) is 0 Å². The van der Waals surface area contributed by atoms with E-state index in [0.717, 1.165) is 0 Å². The SMILES string of the molecule is COc1ccc(-c2cc(C(=O)N3CCN(c4ccccc4F)CC3)n(-c3ccc(Cl)c(Cl)c3)n2)c(OC)c1. The maximum Gasteiger partial charge on any atom is 0.272 e. The van der Waals surface area contributed by atoms with Gasteiger partial charge < -0.3 is 19.3 Å². The molecule has 0 spiro atoms. The first-order chi connectivity index (χ1) is 18.4. The van der Waals surface area contributed by atoms with E-state index in [4.69, 9.17) is 37.8 Å². The molecule has 0 N–H and O–H groups in total. The molecule has 38 heavy (non-hydrogen) atoms. The molecule has 0 unspecified atom stereocenters. The van der Waals surface area contributed by atoms with Crippen LogP contribution in [0.3, 0.4) is 0 Å². The van der Waals surface area contributed by atoms with E-state index in [2.05, 4.69) is 0 Å². The van der Waals surface area contributed by atoms with Gasteiger partial charge in [-0.05, 0) is 48.5 Å². The van der Waals surface area contributed by atoms with Crippen LogP contribution in [0.4, 0.5) is 10.1 Å². The third kappa shape index (κ3) is 5.01. The molecule has 3 aromatic carbocycles. The van der Waals surface area contributed by atoms with Crippen molar-refractivity contribution in [3.05, 3.63) is 88.3 Å². The minimum Gasteiger partial charge on any atom is -0.497 e. The van der Waals surface area contributed by atoms with Crippen LogP contribution in [-0.4, -0.2) is 61.0 Å². The number of para-hydroxylation sites is 1. The molecule has 0 atom stereocenters. The highest BCUT2D eigenvalue weighted by atomic mass is 35.5. The van der Waals surface area contributed by atoms with E-state index in [0.29, 0.717) is 76.0 Å². The zero-order valence-electron chi connectivity index (χ0n) is 20.8. The fourth-order valence-corrected chi connectivity index (χ4v) is 4.80. The predicted octanol–water partition coefficient (Wildman–Crippen LogP) is 5.96. The van der Waals surface area contributed by atoms with Crippen molar-refractivity contribution in [2.24, 2.45) is 0 Å². The highest BCUT2D eigenvalue weighted by molar-refractivity contribution is 6.42. The zero-order chi connectivity index (χ0) is 26.8. The number of aromatic nitrogens is 2. The Bertz CT molecular complexity index is 1480. The number of piperazine rings is 1. The number of hydrogen-bond acceptors (Lipinski definition) is 5. The van der Waals surface area contributed by atoms with Crippen LogP contribution >= 0.6 is 23.2 Å². The van der Waals surface area contributed by atoms with Gasteiger partial charge in [0.05, 0.1) is 41.3 Å². The number of carbonyl (C=O) groups is 1. The van der Waals surface area contributed by atoms with Crippen molar-refractivity contribution in [2.45, 2.75) is 0 Å². The fraction of sp³-hybridized carbons (Fsp3) is 0.214. The summed E-state index contributed by atoms with van der Waals surface area (Å²) in [4.78, 5) is 17.5. The van der Waals surface area contributed by atoms with E-state index in [1.807, 2.05) is 11.0 Å². The third-order valence-corrected chi connectivity index (χ3v) is 7.26. The van der Waals surface area contributed by atoms with Gasteiger partial charge in [-0.25, -0.2) is 9.07 Å². The zero-order valence-corrected chi connectivity index (χ0v) is 22.3. The molecule has 1 fully saturated rings. The van der Waals surface area contributed by atoms with Gasteiger partial charge in [-0.1, -0.05) is 35.3 Å². The number of anilines is 1. The van der Waals surface area contributed by atoms with E-state index in [1.165, 1.54) is 6.07 Å². The fourth-order valence-electron chi connectivity index (χ4n) is 4.51. The van der Waals surface area contributed by atoms with E-state index in [-0.39, 0.29) is 11.7 Å². The van der Waals surface area contributed by atoms with Gasteiger partial charge in [0.2, 0.25) is 0 Å². The summed E-state index contributed by atoms with van der Waals surface area (Å²) in [5.74, 6) is 0.720. The Morgan fingerprint density at radius 1 is 0.895 bits per heavy atom. The lowest BCUT2D eigenvalue weighted by Gasteiger charge is -2.36. The molecule has 0 radical (unpaired) electrons. The number of carbonyl (C=O) groups excluding carboxylic acids is 1. The summed E-state index contributed by atoms with van der Waals surface area (Å²) in [6.45, 7) is 1.88. The van der Waals surface area contributed by atoms with E-state index in [1.54, 1.807) is 78.4 Å². The van der Waals surface area contributed by atoms with Crippen molar-refractivity contribution in [2.75, 3.05) is 45.3 Å². The van der Waals surface area contributed by atoms with Crippen LogP contribution < -0.4 is 14.4 Å². The summed E-state index contributed by atoms with van der Waals surface area (Å²) in [7, 11) is 3.14. The Hall–Kier alpha value is -3.75. The third-order valence-electron chi connectivity index (χ3n) is 6.52. The number of benzene rings is 3. The molecule has 7 nitrogen and oxygen atoms in total. The molecule has 10 heteroatoms. The lowest BCUT2D eigenvalue weighted by Crippen LogP contribution is -2.49.